The van der Waals surface area contributed by atoms with Crippen LogP contribution in [0.3, 0.4) is 0 Å². The van der Waals surface area contributed by atoms with Crippen LogP contribution in [0.2, 0.25) is 0 Å². The number of nitrogens with zero attached hydrogens (tertiary/aromatic N) is 2. The molecule has 0 aliphatic carbocycles. The summed E-state index contributed by atoms with van der Waals surface area (Å²) in [5.41, 5.74) is 17.0. The molecule has 1 fully saturated rings. The number of aliphatic imine (C=N–C) groups is 1. The number of nitrogens with two attached hydrogens (primary N) is 3. The number of nitrogens with one attached hydrogen (secondary N) is 2. The number of rotatable bonds is 14. The smallest absolute Gasteiger partial charge is 0.326 e. The molecular weight excluding hydrogens is 498 g/mol. The molecule has 3 amide bonds. The summed E-state index contributed by atoms with van der Waals surface area (Å²) in [4.78, 5) is 66.9. The molecule has 1 aliphatic rings. The molecule has 1 aliphatic heterocycles. The molecule has 1 aromatic carbocycles. The fraction of sp³-hybridized carbons (Fsp3) is 0.500. The van der Waals surface area contributed by atoms with Crippen molar-refractivity contribution in [3.63, 3.8) is 0 Å². The number of carboxylic acids is 2. The van der Waals surface area contributed by atoms with Gasteiger partial charge in [-0.2, -0.15) is 0 Å². The zero-order chi connectivity index (χ0) is 28.2. The van der Waals surface area contributed by atoms with Crippen LogP contribution in [0, 0.1) is 0 Å². The molecule has 0 saturated carbocycles. The number of benzene rings is 1. The number of carboxylic acid groups (broad SMARTS) is 2. The highest BCUT2D eigenvalue weighted by molar-refractivity contribution is 5.95. The van der Waals surface area contributed by atoms with Crippen LogP contribution in [0.15, 0.2) is 35.3 Å². The Morgan fingerprint density at radius 2 is 1.74 bits per heavy atom. The van der Waals surface area contributed by atoms with Gasteiger partial charge in [-0.25, -0.2) is 4.79 Å². The average molecular weight is 534 g/mol. The fourth-order valence-electron chi connectivity index (χ4n) is 4.14. The molecule has 38 heavy (non-hydrogen) atoms. The third kappa shape index (κ3) is 9.35. The van der Waals surface area contributed by atoms with Gasteiger partial charge >= 0.3 is 11.9 Å². The molecule has 1 aromatic rings. The second-order valence-corrected chi connectivity index (χ2v) is 8.99. The van der Waals surface area contributed by atoms with Crippen molar-refractivity contribution in [3.8, 4) is 0 Å². The van der Waals surface area contributed by atoms with Gasteiger partial charge in [-0.05, 0) is 31.2 Å². The minimum absolute atomic E-state index is 0.0630. The number of guanidine groups is 1. The van der Waals surface area contributed by atoms with E-state index in [2.05, 4.69) is 15.6 Å². The van der Waals surface area contributed by atoms with Gasteiger partial charge in [0.2, 0.25) is 17.7 Å². The molecule has 4 atom stereocenters. The summed E-state index contributed by atoms with van der Waals surface area (Å²) in [6.45, 7) is 0.391. The van der Waals surface area contributed by atoms with Gasteiger partial charge in [0, 0.05) is 19.5 Å². The number of amides is 3. The maximum atomic E-state index is 13.5. The maximum absolute atomic E-state index is 13.5. The lowest BCUT2D eigenvalue weighted by Crippen LogP contribution is -2.57. The Bertz CT molecular complexity index is 1030. The van der Waals surface area contributed by atoms with Gasteiger partial charge in [0.1, 0.15) is 18.1 Å². The fourth-order valence-corrected chi connectivity index (χ4v) is 4.14. The highest BCUT2D eigenvalue weighted by Gasteiger charge is 2.39. The van der Waals surface area contributed by atoms with E-state index in [1.54, 1.807) is 30.3 Å². The molecule has 10 N–H and O–H groups in total. The van der Waals surface area contributed by atoms with Gasteiger partial charge < -0.3 is 42.9 Å². The number of hydrogen-bond donors (Lipinski definition) is 7. The van der Waals surface area contributed by atoms with Crippen LogP contribution < -0.4 is 27.8 Å². The summed E-state index contributed by atoms with van der Waals surface area (Å²) in [6.07, 6.45) is 0.625. The van der Waals surface area contributed by atoms with E-state index in [1.807, 2.05) is 0 Å². The van der Waals surface area contributed by atoms with E-state index in [-0.39, 0.29) is 31.9 Å². The second kappa shape index (κ2) is 14.5. The largest absolute Gasteiger partial charge is 0.481 e. The first-order valence-electron chi connectivity index (χ1n) is 12.2. The molecular formula is C24H35N7O7. The van der Waals surface area contributed by atoms with E-state index in [4.69, 9.17) is 22.3 Å². The summed E-state index contributed by atoms with van der Waals surface area (Å²) in [7, 11) is 0. The lowest BCUT2D eigenvalue weighted by atomic mass is 10.0. The molecule has 14 heteroatoms. The van der Waals surface area contributed by atoms with Crippen molar-refractivity contribution in [3.05, 3.63) is 35.9 Å². The first-order valence-corrected chi connectivity index (χ1v) is 12.2. The van der Waals surface area contributed by atoms with Gasteiger partial charge in [-0.3, -0.25) is 24.2 Å². The molecule has 0 radical (unpaired) electrons. The Morgan fingerprint density at radius 3 is 2.34 bits per heavy atom. The number of carbonyl (C=O) groups is 5. The molecule has 0 aromatic heterocycles. The van der Waals surface area contributed by atoms with Crippen molar-refractivity contribution >= 4 is 35.6 Å². The monoisotopic (exact) mass is 533 g/mol. The Labute approximate surface area is 219 Å². The second-order valence-electron chi connectivity index (χ2n) is 8.99. The van der Waals surface area contributed by atoms with E-state index in [0.29, 0.717) is 19.3 Å². The van der Waals surface area contributed by atoms with Gasteiger partial charge in [0.05, 0.1) is 12.5 Å². The molecule has 4 unspecified atom stereocenters. The van der Waals surface area contributed by atoms with E-state index in [0.717, 1.165) is 5.56 Å². The first-order chi connectivity index (χ1) is 18.0. The average Bonchev–Trinajstić information content (AvgIpc) is 3.35. The highest BCUT2D eigenvalue weighted by Crippen LogP contribution is 2.20. The Kier molecular flexibility index (Phi) is 11.5. The Balaban J connectivity index is 2.14. The Hall–Kier alpha value is -4.20. The van der Waals surface area contributed by atoms with E-state index in [9.17, 15) is 29.1 Å². The quantitative estimate of drug-likeness (QED) is 0.0797. The maximum Gasteiger partial charge on any atom is 0.326 e. The molecule has 0 bridgehead atoms. The van der Waals surface area contributed by atoms with Crippen molar-refractivity contribution in [2.24, 2.45) is 22.2 Å². The lowest BCUT2D eigenvalue weighted by molar-refractivity contribution is -0.145. The number of likely N-dealkylation sites (tertiary alicyclic amines) is 1. The number of hydrogen-bond acceptors (Lipinski definition) is 7. The van der Waals surface area contributed by atoms with E-state index in [1.165, 1.54) is 4.90 Å². The molecule has 0 spiro atoms. The molecule has 1 saturated heterocycles. The predicted octanol–water partition coefficient (Wildman–Crippen LogP) is -1.87. The summed E-state index contributed by atoms with van der Waals surface area (Å²) in [6, 6.07) is 4.17. The first kappa shape index (κ1) is 30.0. The topological polar surface area (TPSA) is 244 Å². The van der Waals surface area contributed by atoms with Crippen LogP contribution in [0.25, 0.3) is 0 Å². The lowest BCUT2D eigenvalue weighted by Gasteiger charge is -2.30. The molecule has 2 rings (SSSR count). The van der Waals surface area contributed by atoms with Crippen LogP contribution in [0.4, 0.5) is 0 Å². The van der Waals surface area contributed by atoms with Crippen LogP contribution in [0.1, 0.15) is 37.7 Å². The molecule has 14 nitrogen and oxygen atoms in total. The van der Waals surface area contributed by atoms with Crippen molar-refractivity contribution in [2.75, 3.05) is 13.1 Å². The highest BCUT2D eigenvalue weighted by atomic mass is 16.4. The summed E-state index contributed by atoms with van der Waals surface area (Å²) in [5, 5.41) is 23.6. The van der Waals surface area contributed by atoms with Gasteiger partial charge in [-0.15, -0.1) is 0 Å². The Morgan fingerprint density at radius 1 is 1.05 bits per heavy atom. The predicted molar refractivity (Wildman–Crippen MR) is 137 cm³/mol. The normalized spacial score (nSPS) is 17.1. The zero-order valence-electron chi connectivity index (χ0n) is 20.9. The summed E-state index contributed by atoms with van der Waals surface area (Å²) < 4.78 is 0. The van der Waals surface area contributed by atoms with Crippen LogP contribution in [-0.4, -0.2) is 88.0 Å². The van der Waals surface area contributed by atoms with Crippen molar-refractivity contribution in [1.82, 2.24) is 15.5 Å². The van der Waals surface area contributed by atoms with Crippen molar-refractivity contribution in [2.45, 2.75) is 62.7 Å². The number of carbonyl (C=O) groups excluding carboxylic acids is 3. The van der Waals surface area contributed by atoms with Crippen LogP contribution >= 0.6 is 0 Å². The SMILES string of the molecule is NC(N)=NCCCC(NC(=O)C(N)CC(=O)O)C(=O)N1CCCC1C(=O)NC(Cc1ccccc1)C(=O)O. The molecule has 208 valence electrons. The minimum Gasteiger partial charge on any atom is -0.481 e. The summed E-state index contributed by atoms with van der Waals surface area (Å²) in [5.74, 6) is -4.65. The van der Waals surface area contributed by atoms with Crippen LogP contribution in [0.5, 0.6) is 0 Å². The van der Waals surface area contributed by atoms with Gasteiger partial charge in [-0.1, -0.05) is 30.3 Å². The van der Waals surface area contributed by atoms with E-state index < -0.39 is 60.2 Å². The minimum atomic E-state index is -1.38. The third-order valence-corrected chi connectivity index (χ3v) is 6.03. The van der Waals surface area contributed by atoms with Crippen LogP contribution in [-0.2, 0) is 30.4 Å². The van der Waals surface area contributed by atoms with Gasteiger partial charge in [0.15, 0.2) is 5.96 Å². The number of aliphatic carboxylic acids is 2. The third-order valence-electron chi connectivity index (χ3n) is 6.03. The van der Waals surface area contributed by atoms with Gasteiger partial charge in [0.25, 0.3) is 0 Å². The van der Waals surface area contributed by atoms with E-state index >= 15 is 0 Å². The molecule has 1 heterocycles. The zero-order valence-corrected chi connectivity index (χ0v) is 20.9. The summed E-state index contributed by atoms with van der Waals surface area (Å²) >= 11 is 0. The standard InChI is InChI=1S/C24H35N7O7/c25-15(13-19(32)33)20(34)29-16(8-4-10-28-24(26)27)22(36)31-11-5-9-18(31)21(35)30-17(23(37)38)12-14-6-2-1-3-7-14/h1-3,6-7,15-18H,4-5,8-13,25H2,(H,29,34)(H,30,35)(H,32,33)(H,37,38)(H4,26,27,28). The van der Waals surface area contributed by atoms with Crippen molar-refractivity contribution in [1.29, 1.82) is 0 Å². The van der Waals surface area contributed by atoms with Crippen molar-refractivity contribution < 1.29 is 34.2 Å².